The van der Waals surface area contributed by atoms with Crippen LogP contribution in [0.25, 0.3) is 11.3 Å². The molecule has 1 aromatic carbocycles. The quantitative estimate of drug-likeness (QED) is 0.792. The van der Waals surface area contributed by atoms with Crippen LogP contribution in [0, 0.1) is 13.8 Å². The summed E-state index contributed by atoms with van der Waals surface area (Å²) in [6.45, 7) is 5.90. The van der Waals surface area contributed by atoms with Gasteiger partial charge in [-0.3, -0.25) is 0 Å². The number of carbonyl (C=O) groups excluding carboxylic acids is 1. The Morgan fingerprint density at radius 2 is 2.00 bits per heavy atom. The smallest absolute Gasteiger partial charge is 0.341 e. The van der Waals surface area contributed by atoms with Crippen molar-refractivity contribution in [2.75, 3.05) is 6.61 Å². The molecule has 0 N–H and O–H groups in total. The molecule has 0 saturated carbocycles. The minimum absolute atomic E-state index is 0.333. The number of esters is 1. The SMILES string of the molecule is CCOC(=O)c1cnc(C)nc1-c1ccccc1C. The maximum absolute atomic E-state index is 12.0. The molecule has 0 aliphatic carbocycles. The zero-order chi connectivity index (χ0) is 13.8. The number of hydrogen-bond acceptors (Lipinski definition) is 4. The van der Waals surface area contributed by atoms with Gasteiger partial charge in [-0.05, 0) is 26.3 Å². The van der Waals surface area contributed by atoms with E-state index in [0.717, 1.165) is 11.1 Å². The van der Waals surface area contributed by atoms with Crippen molar-refractivity contribution in [3.8, 4) is 11.3 Å². The van der Waals surface area contributed by atoms with Gasteiger partial charge in [0, 0.05) is 11.8 Å². The molecular formula is C15H16N2O2. The van der Waals surface area contributed by atoms with Gasteiger partial charge in [0.2, 0.25) is 0 Å². The lowest BCUT2D eigenvalue weighted by Gasteiger charge is -2.10. The highest BCUT2D eigenvalue weighted by atomic mass is 16.5. The van der Waals surface area contributed by atoms with Crippen LogP contribution in [-0.2, 0) is 4.74 Å². The third-order valence-electron chi connectivity index (χ3n) is 2.80. The molecule has 0 bridgehead atoms. The van der Waals surface area contributed by atoms with Crippen LogP contribution in [0.15, 0.2) is 30.5 Å². The van der Waals surface area contributed by atoms with Gasteiger partial charge in [-0.2, -0.15) is 0 Å². The number of carbonyl (C=O) groups is 1. The molecular weight excluding hydrogens is 240 g/mol. The molecule has 0 atom stereocenters. The zero-order valence-corrected chi connectivity index (χ0v) is 11.3. The Balaban J connectivity index is 2.58. The zero-order valence-electron chi connectivity index (χ0n) is 11.3. The standard InChI is InChI=1S/C15H16N2O2/c1-4-19-15(18)13-9-16-11(3)17-14(13)12-8-6-5-7-10(12)2/h5-9H,4H2,1-3H3. The van der Waals surface area contributed by atoms with E-state index < -0.39 is 0 Å². The van der Waals surface area contributed by atoms with Crippen molar-refractivity contribution < 1.29 is 9.53 Å². The third-order valence-corrected chi connectivity index (χ3v) is 2.80. The first-order valence-electron chi connectivity index (χ1n) is 6.20. The first-order valence-corrected chi connectivity index (χ1v) is 6.20. The van der Waals surface area contributed by atoms with Crippen LogP contribution in [-0.4, -0.2) is 22.5 Å². The predicted octanol–water partition coefficient (Wildman–Crippen LogP) is 2.94. The first-order chi connectivity index (χ1) is 9.13. The summed E-state index contributed by atoms with van der Waals surface area (Å²) in [7, 11) is 0. The molecule has 0 spiro atoms. The summed E-state index contributed by atoms with van der Waals surface area (Å²) in [4.78, 5) is 20.4. The van der Waals surface area contributed by atoms with Crippen LogP contribution in [0.2, 0.25) is 0 Å². The highest BCUT2D eigenvalue weighted by molar-refractivity contribution is 5.96. The Morgan fingerprint density at radius 3 is 2.68 bits per heavy atom. The molecule has 2 rings (SSSR count). The molecule has 19 heavy (non-hydrogen) atoms. The summed E-state index contributed by atoms with van der Waals surface area (Å²) in [5, 5.41) is 0. The molecule has 0 amide bonds. The van der Waals surface area contributed by atoms with Gasteiger partial charge in [0.15, 0.2) is 0 Å². The molecule has 4 nitrogen and oxygen atoms in total. The van der Waals surface area contributed by atoms with Gasteiger partial charge in [-0.25, -0.2) is 14.8 Å². The molecule has 0 fully saturated rings. The lowest BCUT2D eigenvalue weighted by atomic mass is 10.0. The van der Waals surface area contributed by atoms with Crippen molar-refractivity contribution in [3.63, 3.8) is 0 Å². The molecule has 4 heteroatoms. The lowest BCUT2D eigenvalue weighted by Crippen LogP contribution is -2.09. The summed E-state index contributed by atoms with van der Waals surface area (Å²) in [6, 6.07) is 7.81. The maximum Gasteiger partial charge on any atom is 0.341 e. The van der Waals surface area contributed by atoms with E-state index in [4.69, 9.17) is 4.74 Å². The Kier molecular flexibility index (Phi) is 3.90. The molecule has 0 unspecified atom stereocenters. The number of nitrogens with zero attached hydrogens (tertiary/aromatic N) is 2. The van der Waals surface area contributed by atoms with Crippen molar-refractivity contribution in [2.24, 2.45) is 0 Å². The Bertz CT molecular complexity index is 609. The molecule has 0 aliphatic heterocycles. The molecule has 0 radical (unpaired) electrons. The molecule has 1 heterocycles. The second-order valence-electron chi connectivity index (χ2n) is 4.21. The van der Waals surface area contributed by atoms with E-state index in [1.165, 1.54) is 6.20 Å². The average molecular weight is 256 g/mol. The highest BCUT2D eigenvalue weighted by Crippen LogP contribution is 2.25. The van der Waals surface area contributed by atoms with Crippen LogP contribution in [0.5, 0.6) is 0 Å². The summed E-state index contributed by atoms with van der Waals surface area (Å²) in [6.07, 6.45) is 1.53. The van der Waals surface area contributed by atoms with Crippen molar-refractivity contribution in [1.29, 1.82) is 0 Å². The van der Waals surface area contributed by atoms with E-state index in [1.54, 1.807) is 13.8 Å². The topological polar surface area (TPSA) is 52.1 Å². The number of ether oxygens (including phenoxy) is 1. The minimum Gasteiger partial charge on any atom is -0.462 e. The van der Waals surface area contributed by atoms with Gasteiger partial charge in [0.25, 0.3) is 0 Å². The molecule has 0 saturated heterocycles. The van der Waals surface area contributed by atoms with Gasteiger partial charge in [0.1, 0.15) is 11.4 Å². The van der Waals surface area contributed by atoms with Crippen LogP contribution in [0.1, 0.15) is 28.7 Å². The summed E-state index contributed by atoms with van der Waals surface area (Å²) >= 11 is 0. The van der Waals surface area contributed by atoms with Crippen LogP contribution < -0.4 is 0 Å². The van der Waals surface area contributed by atoms with Crippen LogP contribution in [0.4, 0.5) is 0 Å². The number of hydrogen-bond donors (Lipinski definition) is 0. The monoisotopic (exact) mass is 256 g/mol. The molecule has 0 aliphatic rings. The number of benzene rings is 1. The second kappa shape index (κ2) is 5.61. The Hall–Kier alpha value is -2.23. The van der Waals surface area contributed by atoms with Crippen LogP contribution in [0.3, 0.4) is 0 Å². The maximum atomic E-state index is 12.0. The summed E-state index contributed by atoms with van der Waals surface area (Å²) < 4.78 is 5.05. The predicted molar refractivity (Wildman–Crippen MR) is 72.9 cm³/mol. The number of aromatic nitrogens is 2. The van der Waals surface area contributed by atoms with Gasteiger partial charge in [-0.15, -0.1) is 0 Å². The normalized spacial score (nSPS) is 10.3. The third kappa shape index (κ3) is 2.78. The van der Waals surface area contributed by atoms with E-state index in [-0.39, 0.29) is 5.97 Å². The van der Waals surface area contributed by atoms with E-state index in [9.17, 15) is 4.79 Å². The van der Waals surface area contributed by atoms with Gasteiger partial charge < -0.3 is 4.74 Å². The molecule has 98 valence electrons. The molecule has 2 aromatic rings. The van der Waals surface area contributed by atoms with Crippen LogP contribution >= 0.6 is 0 Å². The van der Waals surface area contributed by atoms with E-state index in [2.05, 4.69) is 9.97 Å². The fourth-order valence-corrected chi connectivity index (χ4v) is 1.87. The van der Waals surface area contributed by atoms with Crippen molar-refractivity contribution in [1.82, 2.24) is 9.97 Å². The van der Waals surface area contributed by atoms with Gasteiger partial charge in [0.05, 0.1) is 12.3 Å². The molecule has 1 aromatic heterocycles. The largest absolute Gasteiger partial charge is 0.462 e. The van der Waals surface area contributed by atoms with Gasteiger partial charge >= 0.3 is 5.97 Å². The van der Waals surface area contributed by atoms with E-state index in [1.807, 2.05) is 31.2 Å². The fourth-order valence-electron chi connectivity index (χ4n) is 1.87. The first kappa shape index (κ1) is 13.2. The van der Waals surface area contributed by atoms with Crippen molar-refractivity contribution >= 4 is 5.97 Å². The van der Waals surface area contributed by atoms with Gasteiger partial charge in [-0.1, -0.05) is 24.3 Å². The van der Waals surface area contributed by atoms with Crippen molar-refractivity contribution in [3.05, 3.63) is 47.4 Å². The highest BCUT2D eigenvalue weighted by Gasteiger charge is 2.17. The number of rotatable bonds is 3. The average Bonchev–Trinajstić information content (AvgIpc) is 2.39. The fraction of sp³-hybridized carbons (Fsp3) is 0.267. The van der Waals surface area contributed by atoms with E-state index in [0.29, 0.717) is 23.7 Å². The van der Waals surface area contributed by atoms with E-state index >= 15 is 0 Å². The Labute approximate surface area is 112 Å². The van der Waals surface area contributed by atoms with Crippen molar-refractivity contribution in [2.45, 2.75) is 20.8 Å². The second-order valence-corrected chi connectivity index (χ2v) is 4.21. The Morgan fingerprint density at radius 1 is 1.26 bits per heavy atom. The minimum atomic E-state index is -0.388. The summed E-state index contributed by atoms with van der Waals surface area (Å²) in [5.74, 6) is 0.243. The number of aryl methyl sites for hydroxylation is 2. The lowest BCUT2D eigenvalue weighted by molar-refractivity contribution is 0.0526. The summed E-state index contributed by atoms with van der Waals surface area (Å²) in [5.41, 5.74) is 3.02.